The number of fused-ring (bicyclic) bond motifs is 1. The summed E-state index contributed by atoms with van der Waals surface area (Å²) in [7, 11) is 0. The van der Waals surface area contributed by atoms with Crippen molar-refractivity contribution in [3.05, 3.63) is 34.0 Å². The molecule has 0 saturated carbocycles. The molecule has 1 aromatic heterocycles. The molecule has 0 aliphatic carbocycles. The average Bonchev–Trinajstić information content (AvgIpc) is 2.77. The van der Waals surface area contributed by atoms with E-state index in [0.29, 0.717) is 5.76 Å². The van der Waals surface area contributed by atoms with E-state index in [9.17, 15) is 4.79 Å². The Labute approximate surface area is 138 Å². The number of benzene rings is 1. The normalized spacial score (nSPS) is 15.7. The Morgan fingerprint density at radius 3 is 2.81 bits per heavy atom. The number of amides is 1. The van der Waals surface area contributed by atoms with E-state index in [1.54, 1.807) is 0 Å². The number of furan rings is 1. The molecule has 114 valence electrons. The molecule has 1 aliphatic rings. The predicted molar refractivity (Wildman–Crippen MR) is 89.3 cm³/mol. The SMILES string of the molecule is Cc1c(C(=O)NC2CCNCC2)oc2ccc(Br)cc12.Cl. The lowest BCUT2D eigenvalue weighted by Gasteiger charge is -2.23. The Bertz CT molecular complexity index is 650. The molecule has 0 spiro atoms. The Kier molecular flexibility index (Phi) is 5.30. The van der Waals surface area contributed by atoms with Crippen molar-refractivity contribution < 1.29 is 9.21 Å². The van der Waals surface area contributed by atoms with Gasteiger partial charge in [0, 0.05) is 21.5 Å². The minimum Gasteiger partial charge on any atom is -0.451 e. The van der Waals surface area contributed by atoms with Gasteiger partial charge in [-0.15, -0.1) is 12.4 Å². The number of nitrogens with one attached hydrogen (secondary N) is 2. The molecular weight excluding hydrogens is 356 g/mol. The second-order valence-electron chi connectivity index (χ2n) is 5.19. The molecule has 2 N–H and O–H groups in total. The highest BCUT2D eigenvalue weighted by atomic mass is 79.9. The lowest BCUT2D eigenvalue weighted by molar-refractivity contribution is 0.0902. The van der Waals surface area contributed by atoms with Crippen molar-refractivity contribution in [1.29, 1.82) is 0 Å². The van der Waals surface area contributed by atoms with Gasteiger partial charge in [-0.2, -0.15) is 0 Å². The van der Waals surface area contributed by atoms with E-state index in [2.05, 4.69) is 26.6 Å². The molecule has 1 saturated heterocycles. The Morgan fingerprint density at radius 2 is 2.10 bits per heavy atom. The third-order valence-corrected chi connectivity index (χ3v) is 4.27. The van der Waals surface area contributed by atoms with Crippen molar-refractivity contribution in [3.8, 4) is 0 Å². The fraction of sp³-hybridized carbons (Fsp3) is 0.400. The van der Waals surface area contributed by atoms with E-state index >= 15 is 0 Å². The van der Waals surface area contributed by atoms with E-state index in [0.717, 1.165) is 46.9 Å². The summed E-state index contributed by atoms with van der Waals surface area (Å²) in [5.41, 5.74) is 1.65. The van der Waals surface area contributed by atoms with Crippen LogP contribution < -0.4 is 10.6 Å². The quantitative estimate of drug-likeness (QED) is 0.848. The van der Waals surface area contributed by atoms with Crippen LogP contribution in [0, 0.1) is 6.92 Å². The fourth-order valence-electron chi connectivity index (χ4n) is 2.63. The Balaban J connectivity index is 0.00000161. The number of piperidine rings is 1. The van der Waals surface area contributed by atoms with Crippen LogP contribution in [-0.2, 0) is 0 Å². The van der Waals surface area contributed by atoms with Gasteiger partial charge in [0.25, 0.3) is 5.91 Å². The van der Waals surface area contributed by atoms with E-state index in [-0.39, 0.29) is 24.4 Å². The average molecular weight is 374 g/mol. The van der Waals surface area contributed by atoms with Crippen LogP contribution in [0.15, 0.2) is 27.1 Å². The first-order valence-corrected chi connectivity index (χ1v) is 7.64. The van der Waals surface area contributed by atoms with Crippen molar-refractivity contribution >= 4 is 45.2 Å². The van der Waals surface area contributed by atoms with Gasteiger partial charge in [0.2, 0.25) is 0 Å². The molecular formula is C15H18BrClN2O2. The number of aryl methyl sites for hydroxylation is 1. The molecule has 0 radical (unpaired) electrons. The van der Waals surface area contributed by atoms with Crippen LogP contribution in [0.4, 0.5) is 0 Å². The zero-order chi connectivity index (χ0) is 14.1. The maximum absolute atomic E-state index is 12.4. The van der Waals surface area contributed by atoms with E-state index < -0.39 is 0 Å². The smallest absolute Gasteiger partial charge is 0.287 e. The van der Waals surface area contributed by atoms with E-state index in [1.807, 2.05) is 25.1 Å². The van der Waals surface area contributed by atoms with Crippen molar-refractivity contribution in [2.75, 3.05) is 13.1 Å². The van der Waals surface area contributed by atoms with Crippen molar-refractivity contribution in [3.63, 3.8) is 0 Å². The summed E-state index contributed by atoms with van der Waals surface area (Å²) in [6.45, 7) is 3.84. The van der Waals surface area contributed by atoms with Gasteiger partial charge in [0.15, 0.2) is 5.76 Å². The van der Waals surface area contributed by atoms with Crippen LogP contribution in [0.25, 0.3) is 11.0 Å². The Morgan fingerprint density at radius 1 is 1.38 bits per heavy atom. The van der Waals surface area contributed by atoms with Gasteiger partial charge in [0.05, 0.1) is 0 Å². The molecule has 1 fully saturated rings. The zero-order valence-electron chi connectivity index (χ0n) is 11.7. The van der Waals surface area contributed by atoms with Gasteiger partial charge in [-0.3, -0.25) is 4.79 Å². The molecule has 3 rings (SSSR count). The number of hydrogen-bond acceptors (Lipinski definition) is 3. The van der Waals surface area contributed by atoms with Gasteiger partial charge >= 0.3 is 0 Å². The zero-order valence-corrected chi connectivity index (χ0v) is 14.1. The maximum Gasteiger partial charge on any atom is 0.287 e. The molecule has 1 aromatic carbocycles. The summed E-state index contributed by atoms with van der Waals surface area (Å²) in [6, 6.07) is 6.02. The summed E-state index contributed by atoms with van der Waals surface area (Å²) < 4.78 is 6.69. The third kappa shape index (κ3) is 3.42. The van der Waals surface area contributed by atoms with E-state index in [4.69, 9.17) is 4.42 Å². The number of carbonyl (C=O) groups excluding carboxylic acids is 1. The van der Waals surface area contributed by atoms with Gasteiger partial charge in [-0.1, -0.05) is 15.9 Å². The largest absolute Gasteiger partial charge is 0.451 e. The summed E-state index contributed by atoms with van der Waals surface area (Å²) in [4.78, 5) is 12.4. The lowest BCUT2D eigenvalue weighted by Crippen LogP contribution is -2.42. The van der Waals surface area contributed by atoms with Crippen LogP contribution in [0.5, 0.6) is 0 Å². The van der Waals surface area contributed by atoms with Crippen LogP contribution in [0.1, 0.15) is 29.0 Å². The molecule has 0 bridgehead atoms. The Hall–Kier alpha value is -1.04. The number of hydrogen-bond donors (Lipinski definition) is 2. The monoisotopic (exact) mass is 372 g/mol. The van der Waals surface area contributed by atoms with Crippen LogP contribution in [0.2, 0.25) is 0 Å². The molecule has 0 unspecified atom stereocenters. The highest BCUT2D eigenvalue weighted by molar-refractivity contribution is 9.10. The highest BCUT2D eigenvalue weighted by Gasteiger charge is 2.21. The highest BCUT2D eigenvalue weighted by Crippen LogP contribution is 2.28. The first-order chi connectivity index (χ1) is 9.65. The number of halogens is 2. The van der Waals surface area contributed by atoms with Crippen LogP contribution in [-0.4, -0.2) is 25.0 Å². The molecule has 6 heteroatoms. The topological polar surface area (TPSA) is 54.3 Å². The van der Waals surface area contributed by atoms with Gasteiger partial charge in [-0.05, 0) is 51.1 Å². The molecule has 1 aliphatic heterocycles. The second kappa shape index (κ2) is 6.81. The van der Waals surface area contributed by atoms with Gasteiger partial charge < -0.3 is 15.1 Å². The summed E-state index contributed by atoms with van der Waals surface area (Å²) in [6.07, 6.45) is 1.94. The molecule has 2 aromatic rings. The van der Waals surface area contributed by atoms with Crippen molar-refractivity contribution in [2.45, 2.75) is 25.8 Å². The minimum atomic E-state index is -0.110. The molecule has 21 heavy (non-hydrogen) atoms. The minimum absolute atomic E-state index is 0. The van der Waals surface area contributed by atoms with Crippen LogP contribution in [0.3, 0.4) is 0 Å². The first-order valence-electron chi connectivity index (χ1n) is 6.85. The second-order valence-corrected chi connectivity index (χ2v) is 6.11. The van der Waals surface area contributed by atoms with Crippen molar-refractivity contribution in [2.24, 2.45) is 0 Å². The van der Waals surface area contributed by atoms with Crippen LogP contribution >= 0.6 is 28.3 Å². The summed E-state index contributed by atoms with van der Waals surface area (Å²) in [5.74, 6) is 0.318. The lowest BCUT2D eigenvalue weighted by atomic mass is 10.1. The summed E-state index contributed by atoms with van der Waals surface area (Å²) >= 11 is 3.44. The fourth-order valence-corrected chi connectivity index (χ4v) is 2.99. The van der Waals surface area contributed by atoms with E-state index in [1.165, 1.54) is 0 Å². The van der Waals surface area contributed by atoms with Gasteiger partial charge in [0.1, 0.15) is 5.58 Å². The molecule has 1 amide bonds. The number of carbonyl (C=O) groups is 1. The molecule has 0 atom stereocenters. The molecule has 4 nitrogen and oxygen atoms in total. The standard InChI is InChI=1S/C15H17BrN2O2.ClH/c1-9-12-8-10(16)2-3-13(12)20-14(9)15(19)18-11-4-6-17-7-5-11;/h2-3,8,11,17H,4-7H2,1H3,(H,18,19);1H. The maximum atomic E-state index is 12.4. The third-order valence-electron chi connectivity index (χ3n) is 3.78. The summed E-state index contributed by atoms with van der Waals surface area (Å²) in [5, 5.41) is 7.34. The first kappa shape index (κ1) is 16.3. The predicted octanol–water partition coefficient (Wildman–Crippen LogP) is 3.41. The molecule has 2 heterocycles. The number of rotatable bonds is 2. The van der Waals surface area contributed by atoms with Crippen molar-refractivity contribution in [1.82, 2.24) is 10.6 Å². The van der Waals surface area contributed by atoms with Gasteiger partial charge in [-0.25, -0.2) is 0 Å².